The minimum absolute atomic E-state index is 0.0873. The molecule has 0 amide bonds. The summed E-state index contributed by atoms with van der Waals surface area (Å²) in [6.07, 6.45) is 5.11. The molecular formula is C19H21FN2O2. The van der Waals surface area contributed by atoms with Crippen molar-refractivity contribution < 1.29 is 14.3 Å². The maximum absolute atomic E-state index is 13.3. The van der Waals surface area contributed by atoms with Crippen molar-refractivity contribution in [3.63, 3.8) is 0 Å². The molecule has 2 unspecified atom stereocenters. The molecule has 0 spiro atoms. The van der Waals surface area contributed by atoms with Crippen LogP contribution in [-0.2, 0) is 4.79 Å². The molecule has 0 aliphatic carbocycles. The van der Waals surface area contributed by atoms with Gasteiger partial charge in [-0.2, -0.15) is 0 Å². The molecule has 1 N–H and O–H groups in total. The highest BCUT2D eigenvalue weighted by Gasteiger charge is 2.31. The second-order valence-electron chi connectivity index (χ2n) is 6.36. The molecule has 1 aromatic heterocycles. The van der Waals surface area contributed by atoms with Crippen LogP contribution < -0.4 is 0 Å². The molecule has 0 saturated carbocycles. The number of carbonyl (C=O) groups is 1. The normalized spacial score (nSPS) is 19.8. The molecule has 1 aromatic carbocycles. The number of nitrogens with zero attached hydrogens (tertiary/aromatic N) is 2. The molecule has 2 heterocycles. The van der Waals surface area contributed by atoms with E-state index >= 15 is 0 Å². The lowest BCUT2D eigenvalue weighted by molar-refractivity contribution is -0.143. The first-order chi connectivity index (χ1) is 11.6. The summed E-state index contributed by atoms with van der Waals surface area (Å²) in [5, 5.41) is 9.38. The number of aryl methyl sites for hydroxylation is 1. The van der Waals surface area contributed by atoms with Gasteiger partial charge in [-0.3, -0.25) is 14.7 Å². The Morgan fingerprint density at radius 3 is 2.75 bits per heavy atom. The van der Waals surface area contributed by atoms with Gasteiger partial charge in [0.15, 0.2) is 0 Å². The topological polar surface area (TPSA) is 53.4 Å². The van der Waals surface area contributed by atoms with E-state index in [1.54, 1.807) is 18.3 Å². The van der Waals surface area contributed by atoms with Crippen LogP contribution in [0.3, 0.4) is 0 Å². The first-order valence-corrected chi connectivity index (χ1v) is 8.19. The molecule has 0 bridgehead atoms. The fraction of sp³-hybridized carbons (Fsp3) is 0.368. The number of hydrogen-bond donors (Lipinski definition) is 1. The number of benzene rings is 1. The van der Waals surface area contributed by atoms with Crippen LogP contribution in [-0.4, -0.2) is 34.0 Å². The van der Waals surface area contributed by atoms with Gasteiger partial charge in [0.25, 0.3) is 0 Å². The Kier molecular flexibility index (Phi) is 4.90. The smallest absolute Gasteiger partial charge is 0.307 e. The number of carboxylic acid groups (broad SMARTS) is 1. The highest BCUT2D eigenvalue weighted by Crippen LogP contribution is 2.34. The Labute approximate surface area is 141 Å². The molecule has 1 saturated heterocycles. The molecule has 126 valence electrons. The van der Waals surface area contributed by atoms with Gasteiger partial charge in [-0.25, -0.2) is 4.39 Å². The van der Waals surface area contributed by atoms with Crippen LogP contribution in [0.15, 0.2) is 42.7 Å². The Morgan fingerprint density at radius 2 is 2.08 bits per heavy atom. The van der Waals surface area contributed by atoms with Crippen molar-refractivity contribution in [3.05, 3.63) is 65.2 Å². The van der Waals surface area contributed by atoms with Crippen LogP contribution >= 0.6 is 0 Å². The zero-order valence-electron chi connectivity index (χ0n) is 13.7. The van der Waals surface area contributed by atoms with Gasteiger partial charge in [-0.15, -0.1) is 0 Å². The minimum atomic E-state index is -0.746. The predicted octanol–water partition coefficient (Wildman–Crippen LogP) is 3.42. The SMILES string of the molecule is Cc1cnccc1C(c1ccc(F)cc1)N1CCCC(C(=O)O)C1. The fourth-order valence-corrected chi connectivity index (χ4v) is 3.47. The number of likely N-dealkylation sites (tertiary alicyclic amines) is 1. The van der Waals surface area contributed by atoms with Crippen LogP contribution in [0.5, 0.6) is 0 Å². The number of halogens is 1. The van der Waals surface area contributed by atoms with Crippen LogP contribution in [0, 0.1) is 18.7 Å². The highest BCUT2D eigenvalue weighted by molar-refractivity contribution is 5.70. The summed E-state index contributed by atoms with van der Waals surface area (Å²) >= 11 is 0. The monoisotopic (exact) mass is 328 g/mol. The van der Waals surface area contributed by atoms with E-state index in [4.69, 9.17) is 0 Å². The van der Waals surface area contributed by atoms with E-state index in [2.05, 4.69) is 9.88 Å². The van der Waals surface area contributed by atoms with Crippen LogP contribution in [0.2, 0.25) is 0 Å². The van der Waals surface area contributed by atoms with Crippen molar-refractivity contribution in [2.45, 2.75) is 25.8 Å². The van der Waals surface area contributed by atoms with Crippen molar-refractivity contribution in [1.29, 1.82) is 0 Å². The molecule has 4 nitrogen and oxygen atoms in total. The van der Waals surface area contributed by atoms with Crippen molar-refractivity contribution >= 4 is 5.97 Å². The van der Waals surface area contributed by atoms with E-state index in [0.29, 0.717) is 13.0 Å². The highest BCUT2D eigenvalue weighted by atomic mass is 19.1. The van der Waals surface area contributed by atoms with Gasteiger partial charge in [0.05, 0.1) is 12.0 Å². The number of pyridine rings is 1. The molecule has 0 radical (unpaired) electrons. The average molecular weight is 328 g/mol. The van der Waals surface area contributed by atoms with Crippen LogP contribution in [0.4, 0.5) is 4.39 Å². The van der Waals surface area contributed by atoms with E-state index in [0.717, 1.165) is 29.7 Å². The summed E-state index contributed by atoms with van der Waals surface area (Å²) in [5.74, 6) is -1.38. The Balaban J connectivity index is 2.00. The average Bonchev–Trinajstić information content (AvgIpc) is 2.59. The first-order valence-electron chi connectivity index (χ1n) is 8.19. The van der Waals surface area contributed by atoms with E-state index in [1.165, 1.54) is 12.1 Å². The number of aliphatic carboxylic acids is 1. The molecule has 5 heteroatoms. The summed E-state index contributed by atoms with van der Waals surface area (Å²) < 4.78 is 13.3. The van der Waals surface area contributed by atoms with Gasteiger partial charge in [0, 0.05) is 18.9 Å². The van der Waals surface area contributed by atoms with Gasteiger partial charge in [-0.05, 0) is 61.2 Å². The molecule has 3 rings (SSSR count). The molecular weight excluding hydrogens is 307 g/mol. The lowest BCUT2D eigenvalue weighted by Gasteiger charge is -2.38. The summed E-state index contributed by atoms with van der Waals surface area (Å²) in [6.45, 7) is 3.32. The lowest BCUT2D eigenvalue weighted by Crippen LogP contribution is -2.41. The minimum Gasteiger partial charge on any atom is -0.481 e. The number of piperidine rings is 1. The second-order valence-corrected chi connectivity index (χ2v) is 6.36. The maximum Gasteiger partial charge on any atom is 0.307 e. The molecule has 1 fully saturated rings. The molecule has 24 heavy (non-hydrogen) atoms. The number of aromatic nitrogens is 1. The summed E-state index contributed by atoms with van der Waals surface area (Å²) in [7, 11) is 0. The Bertz CT molecular complexity index is 718. The van der Waals surface area contributed by atoms with Gasteiger partial charge >= 0.3 is 5.97 Å². The van der Waals surface area contributed by atoms with Crippen molar-refractivity contribution in [1.82, 2.24) is 9.88 Å². The molecule has 1 aliphatic heterocycles. The van der Waals surface area contributed by atoms with E-state index in [1.807, 2.05) is 19.2 Å². The van der Waals surface area contributed by atoms with Gasteiger partial charge < -0.3 is 5.11 Å². The number of carboxylic acids is 1. The van der Waals surface area contributed by atoms with Gasteiger partial charge in [0.2, 0.25) is 0 Å². The third-order valence-corrected chi connectivity index (χ3v) is 4.71. The Morgan fingerprint density at radius 1 is 1.33 bits per heavy atom. The maximum atomic E-state index is 13.3. The third kappa shape index (κ3) is 3.46. The van der Waals surface area contributed by atoms with Crippen molar-refractivity contribution in [2.75, 3.05) is 13.1 Å². The molecule has 2 atom stereocenters. The predicted molar refractivity (Wildman–Crippen MR) is 89.1 cm³/mol. The summed E-state index contributed by atoms with van der Waals surface area (Å²) in [5.41, 5.74) is 3.10. The van der Waals surface area contributed by atoms with Crippen LogP contribution in [0.25, 0.3) is 0 Å². The molecule has 2 aromatic rings. The standard InChI is InChI=1S/C19H21FN2O2/c1-13-11-21-9-8-17(13)18(14-4-6-16(20)7-5-14)22-10-2-3-15(12-22)19(23)24/h4-9,11,15,18H,2-3,10,12H2,1H3,(H,23,24). The lowest BCUT2D eigenvalue weighted by atomic mass is 9.90. The van der Waals surface area contributed by atoms with Gasteiger partial charge in [0.1, 0.15) is 5.82 Å². The second kappa shape index (κ2) is 7.09. The fourth-order valence-electron chi connectivity index (χ4n) is 3.47. The van der Waals surface area contributed by atoms with E-state index in [9.17, 15) is 14.3 Å². The first kappa shape index (κ1) is 16.6. The third-order valence-electron chi connectivity index (χ3n) is 4.71. The van der Waals surface area contributed by atoms with Crippen LogP contribution in [0.1, 0.15) is 35.6 Å². The summed E-state index contributed by atoms with van der Waals surface area (Å²) in [4.78, 5) is 17.8. The van der Waals surface area contributed by atoms with Gasteiger partial charge in [-0.1, -0.05) is 12.1 Å². The largest absolute Gasteiger partial charge is 0.481 e. The quantitative estimate of drug-likeness (QED) is 0.934. The zero-order valence-corrected chi connectivity index (χ0v) is 13.7. The number of rotatable bonds is 4. The van der Waals surface area contributed by atoms with E-state index < -0.39 is 5.97 Å². The molecule has 1 aliphatic rings. The van der Waals surface area contributed by atoms with Crippen molar-refractivity contribution in [2.24, 2.45) is 5.92 Å². The number of hydrogen-bond acceptors (Lipinski definition) is 3. The summed E-state index contributed by atoms with van der Waals surface area (Å²) in [6, 6.07) is 8.35. The van der Waals surface area contributed by atoms with E-state index in [-0.39, 0.29) is 17.8 Å². The van der Waals surface area contributed by atoms with Crippen molar-refractivity contribution in [3.8, 4) is 0 Å². The zero-order chi connectivity index (χ0) is 17.1. The Hall–Kier alpha value is -2.27.